The van der Waals surface area contributed by atoms with Crippen LogP contribution < -0.4 is 10.2 Å². The number of aromatic nitrogens is 2. The van der Waals surface area contributed by atoms with Crippen LogP contribution in [0.25, 0.3) is 11.3 Å². The number of pyridine rings is 1. The quantitative estimate of drug-likeness (QED) is 0.686. The molecule has 0 saturated heterocycles. The van der Waals surface area contributed by atoms with Crippen LogP contribution in [-0.4, -0.2) is 15.5 Å². The molecule has 6 heteroatoms. The van der Waals surface area contributed by atoms with E-state index in [2.05, 4.69) is 49.7 Å². The van der Waals surface area contributed by atoms with Crippen LogP contribution in [0.15, 0.2) is 65.3 Å². The zero-order valence-electron chi connectivity index (χ0n) is 15.0. The minimum absolute atomic E-state index is 0.220. The number of benzene rings is 1. The van der Waals surface area contributed by atoms with Gasteiger partial charge in [0.2, 0.25) is 4.80 Å². The van der Waals surface area contributed by atoms with Gasteiger partial charge in [0.05, 0.1) is 5.69 Å². The average molecular weight is 379 g/mol. The molecule has 4 rings (SSSR count). The van der Waals surface area contributed by atoms with Crippen molar-refractivity contribution in [3.05, 3.63) is 70.6 Å². The van der Waals surface area contributed by atoms with E-state index in [1.165, 1.54) is 30.5 Å². The number of thiazole rings is 1. The number of nitrogens with zero attached hydrogens (tertiary/aromatic N) is 3. The first-order valence-electron chi connectivity index (χ1n) is 9.32. The highest BCUT2D eigenvalue weighted by Gasteiger charge is 2.20. The van der Waals surface area contributed by atoms with Gasteiger partial charge in [0.25, 0.3) is 5.91 Å². The first kappa shape index (κ1) is 17.7. The van der Waals surface area contributed by atoms with Crippen LogP contribution in [-0.2, 0) is 0 Å². The van der Waals surface area contributed by atoms with Gasteiger partial charge in [-0.1, -0.05) is 49.6 Å². The molecule has 27 heavy (non-hydrogen) atoms. The first-order chi connectivity index (χ1) is 13.3. The van der Waals surface area contributed by atoms with Gasteiger partial charge in [0.1, 0.15) is 0 Å². The molecule has 0 atom stereocenters. The smallest absolute Gasteiger partial charge is 0.271 e. The van der Waals surface area contributed by atoms with E-state index in [4.69, 9.17) is 0 Å². The molecule has 0 aliphatic heterocycles. The Kier molecular flexibility index (Phi) is 5.44. The molecular weight excluding hydrogens is 356 g/mol. The van der Waals surface area contributed by atoms with Gasteiger partial charge >= 0.3 is 0 Å². The van der Waals surface area contributed by atoms with E-state index >= 15 is 0 Å². The summed E-state index contributed by atoms with van der Waals surface area (Å²) in [5.41, 5.74) is 5.61. The van der Waals surface area contributed by atoms with Gasteiger partial charge < -0.3 is 4.57 Å². The lowest BCUT2D eigenvalue weighted by Gasteiger charge is -2.25. The third kappa shape index (κ3) is 4.01. The molecule has 2 aromatic heterocycles. The molecule has 1 aliphatic rings. The van der Waals surface area contributed by atoms with Crippen molar-refractivity contribution in [2.75, 3.05) is 0 Å². The van der Waals surface area contributed by atoms with Crippen molar-refractivity contribution < 1.29 is 4.79 Å². The van der Waals surface area contributed by atoms with Crippen LogP contribution in [0.5, 0.6) is 0 Å². The zero-order chi connectivity index (χ0) is 18.5. The van der Waals surface area contributed by atoms with Crippen molar-refractivity contribution in [3.8, 4) is 11.3 Å². The fourth-order valence-corrected chi connectivity index (χ4v) is 4.51. The molecule has 1 aromatic carbocycles. The van der Waals surface area contributed by atoms with Crippen molar-refractivity contribution >= 4 is 17.2 Å². The SMILES string of the molecule is O=C(N/N=c1\scc(-c2ccccc2)n1C1CCCCC1)c1ccncc1. The molecule has 0 bridgehead atoms. The second kappa shape index (κ2) is 8.31. The number of nitrogens with one attached hydrogen (secondary N) is 1. The summed E-state index contributed by atoms with van der Waals surface area (Å²) in [5, 5.41) is 6.61. The summed E-state index contributed by atoms with van der Waals surface area (Å²) in [6.07, 6.45) is 9.30. The summed E-state index contributed by atoms with van der Waals surface area (Å²) < 4.78 is 2.31. The molecule has 1 fully saturated rings. The van der Waals surface area contributed by atoms with Crippen LogP contribution in [0.2, 0.25) is 0 Å². The van der Waals surface area contributed by atoms with Crippen LogP contribution >= 0.6 is 11.3 Å². The largest absolute Gasteiger partial charge is 0.312 e. The summed E-state index contributed by atoms with van der Waals surface area (Å²) in [6.45, 7) is 0. The Bertz CT molecular complexity index is 957. The average Bonchev–Trinajstić information content (AvgIpc) is 3.18. The maximum absolute atomic E-state index is 12.3. The monoisotopic (exact) mass is 378 g/mol. The van der Waals surface area contributed by atoms with E-state index in [1.807, 2.05) is 6.07 Å². The Balaban J connectivity index is 1.69. The number of carbonyl (C=O) groups excluding carboxylic acids is 1. The van der Waals surface area contributed by atoms with E-state index in [0.717, 1.165) is 17.6 Å². The number of amides is 1. The number of carbonyl (C=O) groups is 1. The summed E-state index contributed by atoms with van der Waals surface area (Å²) in [5.74, 6) is -0.220. The Morgan fingerprint density at radius 1 is 1.07 bits per heavy atom. The normalized spacial score (nSPS) is 15.6. The lowest BCUT2D eigenvalue weighted by Crippen LogP contribution is -2.28. The number of rotatable bonds is 4. The van der Waals surface area contributed by atoms with Gasteiger partial charge in [-0.2, -0.15) is 0 Å². The van der Waals surface area contributed by atoms with Crippen molar-refractivity contribution in [1.29, 1.82) is 0 Å². The Labute approximate surface area is 162 Å². The van der Waals surface area contributed by atoms with Gasteiger partial charge in [-0.05, 0) is 30.5 Å². The number of hydrogen-bond acceptors (Lipinski definition) is 4. The number of hydrogen-bond donors (Lipinski definition) is 1. The van der Waals surface area contributed by atoms with Gasteiger partial charge in [-0.25, -0.2) is 5.43 Å². The fourth-order valence-electron chi connectivity index (χ4n) is 3.58. The first-order valence-corrected chi connectivity index (χ1v) is 10.2. The highest BCUT2D eigenvalue weighted by molar-refractivity contribution is 7.07. The summed E-state index contributed by atoms with van der Waals surface area (Å²) >= 11 is 1.57. The molecule has 3 aromatic rings. The van der Waals surface area contributed by atoms with Crippen molar-refractivity contribution in [1.82, 2.24) is 15.0 Å². The molecule has 1 amide bonds. The maximum atomic E-state index is 12.3. The molecule has 0 unspecified atom stereocenters. The highest BCUT2D eigenvalue weighted by Crippen LogP contribution is 2.32. The molecule has 1 aliphatic carbocycles. The van der Waals surface area contributed by atoms with Crippen LogP contribution in [0.4, 0.5) is 0 Å². The summed E-state index contributed by atoms with van der Waals surface area (Å²) in [7, 11) is 0. The van der Waals surface area contributed by atoms with Crippen molar-refractivity contribution in [2.45, 2.75) is 38.1 Å². The molecule has 0 radical (unpaired) electrons. The fraction of sp³-hybridized carbons (Fsp3) is 0.286. The van der Waals surface area contributed by atoms with Gasteiger partial charge in [0, 0.05) is 29.4 Å². The molecule has 5 nitrogen and oxygen atoms in total. The third-order valence-electron chi connectivity index (χ3n) is 4.95. The van der Waals surface area contributed by atoms with E-state index < -0.39 is 0 Å². The van der Waals surface area contributed by atoms with E-state index in [1.54, 1.807) is 35.9 Å². The van der Waals surface area contributed by atoms with Crippen molar-refractivity contribution in [2.24, 2.45) is 5.10 Å². The van der Waals surface area contributed by atoms with E-state index in [9.17, 15) is 4.79 Å². The Morgan fingerprint density at radius 3 is 2.56 bits per heavy atom. The predicted octanol–water partition coefficient (Wildman–Crippen LogP) is 4.36. The maximum Gasteiger partial charge on any atom is 0.271 e. The highest BCUT2D eigenvalue weighted by atomic mass is 32.1. The van der Waals surface area contributed by atoms with E-state index in [0.29, 0.717) is 11.6 Å². The lowest BCUT2D eigenvalue weighted by atomic mass is 9.95. The standard InChI is InChI=1S/C21H22N4OS/c26-20(17-11-13-22-14-12-17)23-24-21-25(18-9-5-2-6-10-18)19(15-27-21)16-7-3-1-4-8-16/h1,3-4,7-8,11-15,18H,2,5-6,9-10H2,(H,23,26)/b24-21-. The van der Waals surface area contributed by atoms with E-state index in [-0.39, 0.29) is 5.91 Å². The van der Waals surface area contributed by atoms with Crippen LogP contribution in [0.1, 0.15) is 48.5 Å². The Morgan fingerprint density at radius 2 is 1.81 bits per heavy atom. The molecule has 1 N–H and O–H groups in total. The lowest BCUT2D eigenvalue weighted by molar-refractivity contribution is 0.0952. The summed E-state index contributed by atoms with van der Waals surface area (Å²) in [4.78, 5) is 17.1. The molecule has 0 spiro atoms. The van der Waals surface area contributed by atoms with Gasteiger partial charge in [-0.3, -0.25) is 9.78 Å². The van der Waals surface area contributed by atoms with Gasteiger partial charge in [0.15, 0.2) is 0 Å². The predicted molar refractivity (Wildman–Crippen MR) is 107 cm³/mol. The topological polar surface area (TPSA) is 59.3 Å². The second-order valence-corrected chi connectivity index (χ2v) is 7.56. The molecule has 138 valence electrons. The molecule has 1 saturated carbocycles. The van der Waals surface area contributed by atoms with Crippen LogP contribution in [0, 0.1) is 0 Å². The second-order valence-electron chi connectivity index (χ2n) is 6.72. The van der Waals surface area contributed by atoms with Gasteiger partial charge in [-0.15, -0.1) is 16.4 Å². The summed E-state index contributed by atoms with van der Waals surface area (Å²) in [6, 6.07) is 14.2. The third-order valence-corrected chi connectivity index (χ3v) is 5.79. The van der Waals surface area contributed by atoms with Crippen molar-refractivity contribution in [3.63, 3.8) is 0 Å². The molecule has 2 heterocycles. The molecular formula is C21H22N4OS. The Hall–Kier alpha value is -2.73. The minimum Gasteiger partial charge on any atom is -0.312 e. The minimum atomic E-state index is -0.220. The zero-order valence-corrected chi connectivity index (χ0v) is 15.9. The van der Waals surface area contributed by atoms with Crippen LogP contribution in [0.3, 0.4) is 0 Å².